The molecule has 0 unspecified atom stereocenters. The van der Waals surface area contributed by atoms with Crippen molar-refractivity contribution < 1.29 is 14.3 Å². The molecule has 0 fully saturated rings. The van der Waals surface area contributed by atoms with Crippen molar-refractivity contribution in [3.05, 3.63) is 66.5 Å². The van der Waals surface area contributed by atoms with E-state index in [1.807, 2.05) is 55.5 Å². The normalized spacial score (nSPS) is 10.3. The molecular formula is C21H21N3O3. The largest absolute Gasteiger partial charge is 0.497 e. The lowest BCUT2D eigenvalue weighted by Gasteiger charge is -2.18. The van der Waals surface area contributed by atoms with Gasteiger partial charge in [-0.15, -0.1) is 0 Å². The van der Waals surface area contributed by atoms with Crippen LogP contribution in [0.3, 0.4) is 0 Å². The second-order valence-electron chi connectivity index (χ2n) is 5.80. The number of methoxy groups -OCH3 is 1. The van der Waals surface area contributed by atoms with Crippen LogP contribution < -0.4 is 14.4 Å². The number of aromatic nitrogens is 2. The molecule has 0 atom stereocenters. The van der Waals surface area contributed by atoms with E-state index in [-0.39, 0.29) is 0 Å². The fourth-order valence-corrected chi connectivity index (χ4v) is 2.65. The van der Waals surface area contributed by atoms with Crippen molar-refractivity contribution in [2.45, 2.75) is 13.5 Å². The molecular weight excluding hydrogens is 342 g/mol. The van der Waals surface area contributed by atoms with Crippen LogP contribution in [0.5, 0.6) is 11.6 Å². The van der Waals surface area contributed by atoms with Gasteiger partial charge in [-0.2, -0.15) is 0 Å². The molecule has 0 saturated heterocycles. The number of benzene rings is 2. The van der Waals surface area contributed by atoms with Gasteiger partial charge in [-0.3, -0.25) is 9.78 Å². The summed E-state index contributed by atoms with van der Waals surface area (Å²) in [6.45, 7) is 2.92. The second-order valence-corrected chi connectivity index (χ2v) is 5.80. The Kier molecular flexibility index (Phi) is 5.99. The maximum Gasteiger partial charge on any atom is 0.232 e. The lowest BCUT2D eigenvalue weighted by atomic mass is 10.1. The molecule has 6 heteroatoms. The molecule has 0 spiro atoms. The van der Waals surface area contributed by atoms with Crippen LogP contribution in [0.25, 0.3) is 11.3 Å². The van der Waals surface area contributed by atoms with Crippen LogP contribution in [0, 0.1) is 0 Å². The Bertz CT molecular complexity index is 880. The number of carbonyl (C=O) groups is 1. The first-order chi connectivity index (χ1) is 13.2. The van der Waals surface area contributed by atoms with Gasteiger partial charge in [0.2, 0.25) is 12.3 Å². The quantitative estimate of drug-likeness (QED) is 0.571. The Morgan fingerprint density at radius 1 is 1.04 bits per heavy atom. The second kappa shape index (κ2) is 8.80. The van der Waals surface area contributed by atoms with Gasteiger partial charge >= 0.3 is 0 Å². The van der Waals surface area contributed by atoms with Gasteiger partial charge in [-0.05, 0) is 36.8 Å². The van der Waals surface area contributed by atoms with E-state index in [4.69, 9.17) is 9.47 Å². The summed E-state index contributed by atoms with van der Waals surface area (Å²) in [6, 6.07) is 15.3. The molecule has 0 aliphatic rings. The van der Waals surface area contributed by atoms with Gasteiger partial charge in [0.1, 0.15) is 5.75 Å². The first kappa shape index (κ1) is 18.4. The summed E-state index contributed by atoms with van der Waals surface area (Å²) < 4.78 is 10.6. The van der Waals surface area contributed by atoms with E-state index in [9.17, 15) is 4.79 Å². The van der Waals surface area contributed by atoms with E-state index in [1.165, 1.54) is 0 Å². The molecule has 1 heterocycles. The van der Waals surface area contributed by atoms with Crippen LogP contribution in [-0.2, 0) is 11.3 Å². The van der Waals surface area contributed by atoms with Gasteiger partial charge < -0.3 is 14.4 Å². The van der Waals surface area contributed by atoms with E-state index in [0.29, 0.717) is 19.0 Å². The molecule has 0 N–H and O–H groups in total. The Hall–Kier alpha value is -3.41. The van der Waals surface area contributed by atoms with Crippen molar-refractivity contribution in [2.24, 2.45) is 0 Å². The molecule has 138 valence electrons. The number of ether oxygens (including phenoxy) is 2. The minimum Gasteiger partial charge on any atom is -0.497 e. The van der Waals surface area contributed by atoms with Crippen molar-refractivity contribution in [1.82, 2.24) is 9.97 Å². The summed E-state index contributed by atoms with van der Waals surface area (Å²) in [6.07, 6.45) is 4.10. The highest BCUT2D eigenvalue weighted by Gasteiger charge is 2.08. The molecule has 1 amide bonds. The molecule has 0 saturated carbocycles. The molecule has 0 aliphatic heterocycles. The summed E-state index contributed by atoms with van der Waals surface area (Å²) in [7, 11) is 1.63. The van der Waals surface area contributed by atoms with E-state index >= 15 is 0 Å². The van der Waals surface area contributed by atoms with Gasteiger partial charge in [0.25, 0.3) is 0 Å². The number of anilines is 1. The van der Waals surface area contributed by atoms with Gasteiger partial charge in [0, 0.05) is 11.3 Å². The molecule has 0 radical (unpaired) electrons. The van der Waals surface area contributed by atoms with Crippen molar-refractivity contribution >= 4 is 12.1 Å². The fourth-order valence-electron chi connectivity index (χ4n) is 2.65. The molecule has 0 aliphatic carbocycles. The lowest BCUT2D eigenvalue weighted by Crippen LogP contribution is -2.20. The third-order valence-corrected chi connectivity index (χ3v) is 4.04. The first-order valence-electron chi connectivity index (χ1n) is 8.63. The smallest absolute Gasteiger partial charge is 0.232 e. The molecule has 2 aromatic carbocycles. The summed E-state index contributed by atoms with van der Waals surface area (Å²) >= 11 is 0. The molecule has 3 rings (SSSR count). The predicted octanol–water partition coefficient (Wildman–Crippen LogP) is 3.71. The predicted molar refractivity (Wildman–Crippen MR) is 104 cm³/mol. The number of amides is 1. The van der Waals surface area contributed by atoms with Crippen LogP contribution in [-0.4, -0.2) is 30.1 Å². The number of hydrogen-bond donors (Lipinski definition) is 0. The lowest BCUT2D eigenvalue weighted by molar-refractivity contribution is -0.107. The summed E-state index contributed by atoms with van der Waals surface area (Å²) in [4.78, 5) is 21.8. The third-order valence-electron chi connectivity index (χ3n) is 4.04. The van der Waals surface area contributed by atoms with Gasteiger partial charge in [-0.1, -0.05) is 24.3 Å². The topological polar surface area (TPSA) is 64.5 Å². The van der Waals surface area contributed by atoms with Gasteiger partial charge in [0.15, 0.2) is 0 Å². The minimum absolute atomic E-state index is 0.479. The number of carbonyl (C=O) groups excluding carboxylic acids is 1. The van der Waals surface area contributed by atoms with E-state index in [1.54, 1.807) is 24.4 Å². The highest BCUT2D eigenvalue weighted by atomic mass is 16.5. The Morgan fingerprint density at radius 3 is 2.41 bits per heavy atom. The Labute approximate surface area is 158 Å². The van der Waals surface area contributed by atoms with E-state index in [0.717, 1.165) is 34.7 Å². The van der Waals surface area contributed by atoms with Gasteiger partial charge in [-0.25, -0.2) is 4.98 Å². The first-order valence-corrected chi connectivity index (χ1v) is 8.63. The Balaban J connectivity index is 1.76. The van der Waals surface area contributed by atoms with Crippen LogP contribution in [0.1, 0.15) is 12.5 Å². The average molecular weight is 363 g/mol. The van der Waals surface area contributed by atoms with Crippen molar-refractivity contribution in [2.75, 3.05) is 18.6 Å². The van der Waals surface area contributed by atoms with Crippen LogP contribution in [0.2, 0.25) is 0 Å². The maximum atomic E-state index is 11.6. The maximum absolute atomic E-state index is 11.6. The van der Waals surface area contributed by atoms with Crippen molar-refractivity contribution in [3.63, 3.8) is 0 Å². The zero-order valence-electron chi connectivity index (χ0n) is 15.3. The van der Waals surface area contributed by atoms with E-state index < -0.39 is 0 Å². The zero-order chi connectivity index (χ0) is 19.1. The van der Waals surface area contributed by atoms with Crippen LogP contribution in [0.4, 0.5) is 5.69 Å². The Morgan fingerprint density at radius 2 is 1.78 bits per heavy atom. The van der Waals surface area contributed by atoms with Crippen LogP contribution in [0.15, 0.2) is 60.9 Å². The zero-order valence-corrected chi connectivity index (χ0v) is 15.3. The standard InChI is InChI=1S/C21H21N3O3/c1-3-27-21-13-22-12-20(23-21)17-6-8-18(9-7-17)24(15-25)14-16-4-10-19(26-2)11-5-16/h4-13,15H,3,14H2,1-2H3. The van der Waals surface area contributed by atoms with Crippen molar-refractivity contribution in [3.8, 4) is 22.9 Å². The summed E-state index contributed by atoms with van der Waals surface area (Å²) in [5.41, 5.74) is 3.45. The number of nitrogens with zero attached hydrogens (tertiary/aromatic N) is 3. The molecule has 6 nitrogen and oxygen atoms in total. The summed E-state index contributed by atoms with van der Waals surface area (Å²) in [5.74, 6) is 1.28. The summed E-state index contributed by atoms with van der Waals surface area (Å²) in [5, 5.41) is 0. The minimum atomic E-state index is 0.479. The van der Waals surface area contributed by atoms with Gasteiger partial charge in [0.05, 0.1) is 38.3 Å². The van der Waals surface area contributed by atoms with E-state index in [2.05, 4.69) is 9.97 Å². The number of rotatable bonds is 8. The molecule has 1 aromatic heterocycles. The molecule has 27 heavy (non-hydrogen) atoms. The van der Waals surface area contributed by atoms with Crippen molar-refractivity contribution in [1.29, 1.82) is 0 Å². The molecule has 3 aromatic rings. The van der Waals surface area contributed by atoms with Crippen LogP contribution >= 0.6 is 0 Å². The number of hydrogen-bond acceptors (Lipinski definition) is 5. The average Bonchev–Trinajstić information content (AvgIpc) is 2.73. The third kappa shape index (κ3) is 4.61. The highest BCUT2D eigenvalue weighted by Crippen LogP contribution is 2.23. The molecule has 0 bridgehead atoms. The monoisotopic (exact) mass is 363 g/mol. The SMILES string of the molecule is CCOc1cncc(-c2ccc(N(C=O)Cc3ccc(OC)cc3)cc2)n1. The highest BCUT2D eigenvalue weighted by molar-refractivity contribution is 5.76. The fraction of sp³-hybridized carbons (Fsp3) is 0.190.